The SMILES string of the molecule is O=C(CCC1NCCS1)c1ccccc1. The van der Waals surface area contributed by atoms with Gasteiger partial charge in [0.15, 0.2) is 5.78 Å². The third kappa shape index (κ3) is 3.08. The van der Waals surface area contributed by atoms with Crippen LogP contribution in [0.25, 0.3) is 0 Å². The summed E-state index contributed by atoms with van der Waals surface area (Å²) in [6.45, 7) is 1.08. The minimum Gasteiger partial charge on any atom is -0.305 e. The van der Waals surface area contributed by atoms with Crippen molar-refractivity contribution in [2.45, 2.75) is 18.2 Å². The molecule has 0 saturated carbocycles. The normalized spacial score (nSPS) is 20.4. The van der Waals surface area contributed by atoms with Crippen molar-refractivity contribution >= 4 is 17.5 Å². The molecule has 1 saturated heterocycles. The maximum Gasteiger partial charge on any atom is 0.162 e. The third-order valence-corrected chi connectivity index (χ3v) is 3.77. The van der Waals surface area contributed by atoms with Gasteiger partial charge in [-0.25, -0.2) is 0 Å². The minimum absolute atomic E-state index is 0.255. The number of hydrogen-bond donors (Lipinski definition) is 1. The van der Waals surface area contributed by atoms with Gasteiger partial charge in [-0.15, -0.1) is 11.8 Å². The van der Waals surface area contributed by atoms with Crippen LogP contribution in [0.2, 0.25) is 0 Å². The molecule has 0 spiro atoms. The smallest absolute Gasteiger partial charge is 0.162 e. The van der Waals surface area contributed by atoms with E-state index in [2.05, 4.69) is 5.32 Å². The lowest BCUT2D eigenvalue weighted by atomic mass is 10.1. The highest BCUT2D eigenvalue weighted by atomic mass is 32.2. The maximum absolute atomic E-state index is 11.8. The summed E-state index contributed by atoms with van der Waals surface area (Å²) in [6.07, 6.45) is 1.59. The number of thioether (sulfide) groups is 1. The predicted octanol–water partition coefficient (Wildman–Crippen LogP) is 2.31. The molecule has 2 nitrogen and oxygen atoms in total. The summed E-state index contributed by atoms with van der Waals surface area (Å²) in [5.74, 6) is 1.43. The van der Waals surface area contributed by atoms with Crippen LogP contribution in [-0.2, 0) is 0 Å². The third-order valence-electron chi connectivity index (χ3n) is 2.52. The van der Waals surface area contributed by atoms with Gasteiger partial charge in [-0.3, -0.25) is 4.79 Å². The van der Waals surface area contributed by atoms with Gasteiger partial charge in [0.2, 0.25) is 0 Å². The highest BCUT2D eigenvalue weighted by Crippen LogP contribution is 2.19. The lowest BCUT2D eigenvalue weighted by molar-refractivity contribution is 0.0979. The molecule has 2 rings (SSSR count). The number of nitrogens with one attached hydrogen (secondary N) is 1. The van der Waals surface area contributed by atoms with Gasteiger partial charge in [0.1, 0.15) is 0 Å². The Balaban J connectivity index is 1.82. The minimum atomic E-state index is 0.255. The standard InChI is InChI=1S/C12H15NOS/c14-11(10-4-2-1-3-5-10)6-7-12-13-8-9-15-12/h1-5,12-13H,6-9H2. The Morgan fingerprint density at radius 1 is 1.40 bits per heavy atom. The van der Waals surface area contributed by atoms with Crippen LogP contribution in [0.1, 0.15) is 23.2 Å². The maximum atomic E-state index is 11.8. The van der Waals surface area contributed by atoms with E-state index in [1.54, 1.807) is 0 Å². The average molecular weight is 221 g/mol. The number of carbonyl (C=O) groups excluding carboxylic acids is 1. The molecule has 15 heavy (non-hydrogen) atoms. The lowest BCUT2D eigenvalue weighted by Crippen LogP contribution is -2.20. The summed E-state index contributed by atoms with van der Waals surface area (Å²) in [5.41, 5.74) is 0.834. The van der Waals surface area contributed by atoms with Gasteiger partial charge in [-0.2, -0.15) is 0 Å². The van der Waals surface area contributed by atoms with E-state index < -0.39 is 0 Å². The van der Waals surface area contributed by atoms with E-state index in [0.717, 1.165) is 18.5 Å². The number of rotatable bonds is 4. The van der Waals surface area contributed by atoms with Crippen LogP contribution in [0.15, 0.2) is 30.3 Å². The van der Waals surface area contributed by atoms with Crippen LogP contribution in [0.4, 0.5) is 0 Å². The fourth-order valence-corrected chi connectivity index (χ4v) is 2.74. The van der Waals surface area contributed by atoms with E-state index in [1.165, 1.54) is 5.75 Å². The van der Waals surface area contributed by atoms with E-state index in [1.807, 2.05) is 42.1 Å². The first-order valence-corrected chi connectivity index (χ1v) is 6.34. The van der Waals surface area contributed by atoms with Crippen LogP contribution < -0.4 is 5.32 Å². The number of Topliss-reactive ketones (excluding diaryl/α,β-unsaturated/α-hetero) is 1. The zero-order chi connectivity index (χ0) is 10.5. The van der Waals surface area contributed by atoms with Crippen molar-refractivity contribution in [3.63, 3.8) is 0 Å². The van der Waals surface area contributed by atoms with Gasteiger partial charge in [0.05, 0.1) is 5.37 Å². The molecule has 1 unspecified atom stereocenters. The van der Waals surface area contributed by atoms with Crippen molar-refractivity contribution in [3.05, 3.63) is 35.9 Å². The summed E-state index contributed by atoms with van der Waals surface area (Å²) >= 11 is 1.92. The Kier molecular flexibility index (Phi) is 3.80. The Hall–Kier alpha value is -0.800. The summed E-state index contributed by atoms with van der Waals surface area (Å²) in [6, 6.07) is 9.53. The Bertz CT molecular complexity index is 320. The van der Waals surface area contributed by atoms with Crippen molar-refractivity contribution in [1.29, 1.82) is 0 Å². The Morgan fingerprint density at radius 2 is 2.20 bits per heavy atom. The molecule has 80 valence electrons. The molecule has 0 aliphatic carbocycles. The van der Waals surface area contributed by atoms with E-state index in [0.29, 0.717) is 11.8 Å². The van der Waals surface area contributed by atoms with Gasteiger partial charge in [0, 0.05) is 24.3 Å². The topological polar surface area (TPSA) is 29.1 Å². The average Bonchev–Trinajstić information content (AvgIpc) is 2.80. The van der Waals surface area contributed by atoms with Crippen LogP contribution in [0, 0.1) is 0 Å². The molecule has 1 aromatic rings. The second kappa shape index (κ2) is 5.33. The van der Waals surface area contributed by atoms with E-state index >= 15 is 0 Å². The Morgan fingerprint density at radius 3 is 2.87 bits per heavy atom. The van der Waals surface area contributed by atoms with E-state index in [9.17, 15) is 4.79 Å². The van der Waals surface area contributed by atoms with Gasteiger partial charge >= 0.3 is 0 Å². The molecule has 1 fully saturated rings. The second-order valence-corrected chi connectivity index (χ2v) is 4.95. The predicted molar refractivity (Wildman–Crippen MR) is 64.3 cm³/mol. The van der Waals surface area contributed by atoms with Gasteiger partial charge in [0.25, 0.3) is 0 Å². The van der Waals surface area contributed by atoms with Crippen molar-refractivity contribution in [3.8, 4) is 0 Å². The zero-order valence-corrected chi connectivity index (χ0v) is 9.43. The molecule has 0 amide bonds. The number of ketones is 1. The number of carbonyl (C=O) groups is 1. The summed E-state index contributed by atoms with van der Waals surface area (Å²) < 4.78 is 0. The second-order valence-electron chi connectivity index (χ2n) is 3.64. The molecule has 1 atom stereocenters. The van der Waals surface area contributed by atoms with E-state index in [4.69, 9.17) is 0 Å². The highest BCUT2D eigenvalue weighted by Gasteiger charge is 2.16. The van der Waals surface area contributed by atoms with Crippen LogP contribution in [0.3, 0.4) is 0 Å². The lowest BCUT2D eigenvalue weighted by Gasteiger charge is -2.07. The molecule has 0 radical (unpaired) electrons. The molecule has 0 aromatic heterocycles. The molecular formula is C12H15NOS. The number of hydrogen-bond acceptors (Lipinski definition) is 3. The molecule has 1 aliphatic heterocycles. The van der Waals surface area contributed by atoms with Crippen molar-refractivity contribution in [2.24, 2.45) is 0 Å². The van der Waals surface area contributed by atoms with Gasteiger partial charge < -0.3 is 5.32 Å². The fraction of sp³-hybridized carbons (Fsp3) is 0.417. The molecule has 1 aliphatic rings. The first-order chi connectivity index (χ1) is 7.36. The first kappa shape index (κ1) is 10.7. The van der Waals surface area contributed by atoms with Crippen LogP contribution in [0.5, 0.6) is 0 Å². The molecule has 1 heterocycles. The van der Waals surface area contributed by atoms with Crippen molar-refractivity contribution in [1.82, 2.24) is 5.32 Å². The van der Waals surface area contributed by atoms with Gasteiger partial charge in [-0.1, -0.05) is 30.3 Å². The fourth-order valence-electron chi connectivity index (χ4n) is 1.70. The van der Waals surface area contributed by atoms with Crippen molar-refractivity contribution in [2.75, 3.05) is 12.3 Å². The summed E-state index contributed by atoms with van der Waals surface area (Å²) in [7, 11) is 0. The Labute approximate surface area is 94.4 Å². The summed E-state index contributed by atoms with van der Waals surface area (Å²) in [5, 5.41) is 3.86. The van der Waals surface area contributed by atoms with Crippen LogP contribution >= 0.6 is 11.8 Å². The summed E-state index contributed by atoms with van der Waals surface area (Å²) in [4.78, 5) is 11.8. The van der Waals surface area contributed by atoms with Crippen molar-refractivity contribution < 1.29 is 4.79 Å². The first-order valence-electron chi connectivity index (χ1n) is 5.29. The monoisotopic (exact) mass is 221 g/mol. The highest BCUT2D eigenvalue weighted by molar-refractivity contribution is 8.00. The van der Waals surface area contributed by atoms with Gasteiger partial charge in [-0.05, 0) is 6.42 Å². The zero-order valence-electron chi connectivity index (χ0n) is 8.61. The molecular weight excluding hydrogens is 206 g/mol. The number of benzene rings is 1. The van der Waals surface area contributed by atoms with E-state index in [-0.39, 0.29) is 5.78 Å². The molecule has 1 N–H and O–H groups in total. The quantitative estimate of drug-likeness (QED) is 0.791. The largest absolute Gasteiger partial charge is 0.305 e. The van der Waals surface area contributed by atoms with Crippen LogP contribution in [-0.4, -0.2) is 23.5 Å². The molecule has 1 aromatic carbocycles. The molecule has 0 bridgehead atoms. The molecule has 3 heteroatoms.